The first-order valence-corrected chi connectivity index (χ1v) is 5.22. The predicted octanol–water partition coefficient (Wildman–Crippen LogP) is 1.47. The lowest BCUT2D eigenvalue weighted by molar-refractivity contribution is -0.143. The van der Waals surface area contributed by atoms with Gasteiger partial charge in [0.05, 0.1) is 13.0 Å². The Balaban J connectivity index is 2.21. The van der Waals surface area contributed by atoms with Crippen molar-refractivity contribution >= 4 is 5.97 Å². The molecule has 1 heterocycles. The van der Waals surface area contributed by atoms with Crippen molar-refractivity contribution in [3.05, 3.63) is 0 Å². The SMILES string of the molecule is CCOC(=O)CC1CCCCCN1. The number of rotatable bonds is 3. The zero-order valence-corrected chi connectivity index (χ0v) is 8.34. The molecule has 1 aliphatic rings. The van der Waals surface area contributed by atoms with Crippen LogP contribution in [0, 0.1) is 0 Å². The van der Waals surface area contributed by atoms with Crippen LogP contribution in [0.3, 0.4) is 0 Å². The topological polar surface area (TPSA) is 38.3 Å². The summed E-state index contributed by atoms with van der Waals surface area (Å²) >= 11 is 0. The van der Waals surface area contributed by atoms with E-state index in [0.717, 1.165) is 13.0 Å². The summed E-state index contributed by atoms with van der Waals surface area (Å²) < 4.78 is 4.91. The maximum Gasteiger partial charge on any atom is 0.307 e. The molecule has 0 aliphatic carbocycles. The van der Waals surface area contributed by atoms with Crippen molar-refractivity contribution in [2.24, 2.45) is 0 Å². The average molecular weight is 185 g/mol. The smallest absolute Gasteiger partial charge is 0.307 e. The van der Waals surface area contributed by atoms with Gasteiger partial charge in [0.15, 0.2) is 0 Å². The van der Waals surface area contributed by atoms with Crippen LogP contribution in [-0.2, 0) is 9.53 Å². The summed E-state index contributed by atoms with van der Waals surface area (Å²) in [4.78, 5) is 11.2. The average Bonchev–Trinajstić information content (AvgIpc) is 2.33. The van der Waals surface area contributed by atoms with Crippen LogP contribution < -0.4 is 5.32 Å². The molecule has 1 fully saturated rings. The minimum Gasteiger partial charge on any atom is -0.466 e. The first kappa shape index (κ1) is 10.5. The van der Waals surface area contributed by atoms with Crippen LogP contribution in [0.2, 0.25) is 0 Å². The number of carbonyl (C=O) groups excluding carboxylic acids is 1. The normalized spacial score (nSPS) is 23.6. The second-order valence-corrected chi connectivity index (χ2v) is 3.51. The van der Waals surface area contributed by atoms with E-state index in [4.69, 9.17) is 4.74 Å². The van der Waals surface area contributed by atoms with E-state index in [1.165, 1.54) is 19.3 Å². The molecule has 1 atom stereocenters. The largest absolute Gasteiger partial charge is 0.466 e. The fraction of sp³-hybridized carbons (Fsp3) is 0.900. The summed E-state index contributed by atoms with van der Waals surface area (Å²) in [6, 6.07) is 0.349. The summed E-state index contributed by atoms with van der Waals surface area (Å²) in [5.74, 6) is -0.0677. The molecule has 1 N–H and O–H groups in total. The Morgan fingerprint density at radius 2 is 2.31 bits per heavy atom. The van der Waals surface area contributed by atoms with Crippen molar-refractivity contribution in [3.8, 4) is 0 Å². The maximum absolute atomic E-state index is 11.2. The Morgan fingerprint density at radius 1 is 1.46 bits per heavy atom. The van der Waals surface area contributed by atoms with Crippen molar-refractivity contribution in [1.29, 1.82) is 0 Å². The van der Waals surface area contributed by atoms with E-state index in [0.29, 0.717) is 19.1 Å². The molecule has 13 heavy (non-hydrogen) atoms. The number of nitrogens with one attached hydrogen (secondary N) is 1. The van der Waals surface area contributed by atoms with E-state index >= 15 is 0 Å². The second kappa shape index (κ2) is 5.97. The molecule has 1 unspecified atom stereocenters. The van der Waals surface area contributed by atoms with Crippen LogP contribution >= 0.6 is 0 Å². The van der Waals surface area contributed by atoms with Gasteiger partial charge in [0.25, 0.3) is 0 Å². The third-order valence-electron chi connectivity index (χ3n) is 2.38. The number of hydrogen-bond donors (Lipinski definition) is 1. The molecule has 0 spiro atoms. The highest BCUT2D eigenvalue weighted by Gasteiger charge is 2.15. The molecule has 1 rings (SSSR count). The van der Waals surface area contributed by atoms with Gasteiger partial charge >= 0.3 is 5.97 Å². The zero-order valence-electron chi connectivity index (χ0n) is 8.34. The molecular formula is C10H19NO2. The van der Waals surface area contributed by atoms with Crippen LogP contribution in [0.25, 0.3) is 0 Å². The second-order valence-electron chi connectivity index (χ2n) is 3.51. The molecule has 0 saturated carbocycles. The molecule has 0 bridgehead atoms. The number of hydrogen-bond acceptors (Lipinski definition) is 3. The lowest BCUT2D eigenvalue weighted by Crippen LogP contribution is -2.31. The van der Waals surface area contributed by atoms with Crippen molar-refractivity contribution in [2.45, 2.75) is 45.1 Å². The molecule has 0 amide bonds. The van der Waals surface area contributed by atoms with E-state index in [-0.39, 0.29) is 5.97 Å². The minimum atomic E-state index is -0.0677. The third kappa shape index (κ3) is 4.27. The lowest BCUT2D eigenvalue weighted by atomic mass is 10.1. The monoisotopic (exact) mass is 185 g/mol. The highest BCUT2D eigenvalue weighted by molar-refractivity contribution is 5.70. The van der Waals surface area contributed by atoms with Gasteiger partial charge in [-0.1, -0.05) is 12.8 Å². The Morgan fingerprint density at radius 3 is 3.08 bits per heavy atom. The quantitative estimate of drug-likeness (QED) is 0.677. The summed E-state index contributed by atoms with van der Waals surface area (Å²) in [6.07, 6.45) is 5.40. The van der Waals surface area contributed by atoms with Gasteiger partial charge in [-0.25, -0.2) is 0 Å². The van der Waals surface area contributed by atoms with Gasteiger partial charge in [-0.2, -0.15) is 0 Å². The number of esters is 1. The van der Waals surface area contributed by atoms with Gasteiger partial charge in [0, 0.05) is 6.04 Å². The van der Waals surface area contributed by atoms with Crippen LogP contribution in [0.4, 0.5) is 0 Å². The zero-order chi connectivity index (χ0) is 9.52. The minimum absolute atomic E-state index is 0.0677. The molecular weight excluding hydrogens is 166 g/mol. The fourth-order valence-corrected chi connectivity index (χ4v) is 1.70. The van der Waals surface area contributed by atoms with E-state index < -0.39 is 0 Å². The number of ether oxygens (including phenoxy) is 1. The first-order chi connectivity index (χ1) is 6.33. The van der Waals surface area contributed by atoms with E-state index in [9.17, 15) is 4.79 Å². The molecule has 0 radical (unpaired) electrons. The van der Waals surface area contributed by atoms with E-state index in [2.05, 4.69) is 5.32 Å². The summed E-state index contributed by atoms with van der Waals surface area (Å²) in [5.41, 5.74) is 0. The molecule has 3 heteroatoms. The van der Waals surface area contributed by atoms with Crippen molar-refractivity contribution in [1.82, 2.24) is 5.32 Å². The van der Waals surface area contributed by atoms with Crippen LogP contribution in [-0.4, -0.2) is 25.2 Å². The fourth-order valence-electron chi connectivity index (χ4n) is 1.70. The molecule has 1 aliphatic heterocycles. The van der Waals surface area contributed by atoms with Crippen LogP contribution in [0.15, 0.2) is 0 Å². The van der Waals surface area contributed by atoms with Gasteiger partial charge in [0.2, 0.25) is 0 Å². The van der Waals surface area contributed by atoms with Crippen LogP contribution in [0.1, 0.15) is 39.0 Å². The molecule has 76 valence electrons. The van der Waals surface area contributed by atoms with Gasteiger partial charge in [-0.05, 0) is 26.3 Å². The Hall–Kier alpha value is -0.570. The Labute approximate surface area is 79.8 Å². The molecule has 3 nitrogen and oxygen atoms in total. The molecule has 0 aromatic heterocycles. The molecule has 0 aromatic carbocycles. The van der Waals surface area contributed by atoms with Gasteiger partial charge in [-0.3, -0.25) is 4.79 Å². The van der Waals surface area contributed by atoms with Gasteiger partial charge < -0.3 is 10.1 Å². The van der Waals surface area contributed by atoms with E-state index in [1.807, 2.05) is 6.92 Å². The Kier molecular flexibility index (Phi) is 4.83. The predicted molar refractivity (Wildman–Crippen MR) is 51.5 cm³/mol. The van der Waals surface area contributed by atoms with Gasteiger partial charge in [0.1, 0.15) is 0 Å². The van der Waals surface area contributed by atoms with Gasteiger partial charge in [-0.15, -0.1) is 0 Å². The summed E-state index contributed by atoms with van der Waals surface area (Å²) in [5, 5.41) is 3.37. The maximum atomic E-state index is 11.2. The lowest BCUT2D eigenvalue weighted by Gasteiger charge is -2.13. The van der Waals surface area contributed by atoms with Crippen LogP contribution in [0.5, 0.6) is 0 Å². The summed E-state index contributed by atoms with van der Waals surface area (Å²) in [6.45, 7) is 3.38. The molecule has 1 saturated heterocycles. The number of carbonyl (C=O) groups is 1. The van der Waals surface area contributed by atoms with Crippen molar-refractivity contribution < 1.29 is 9.53 Å². The molecule has 0 aromatic rings. The summed E-state index contributed by atoms with van der Waals surface area (Å²) in [7, 11) is 0. The third-order valence-corrected chi connectivity index (χ3v) is 2.38. The van der Waals surface area contributed by atoms with E-state index in [1.54, 1.807) is 0 Å². The first-order valence-electron chi connectivity index (χ1n) is 5.22. The highest BCUT2D eigenvalue weighted by atomic mass is 16.5. The highest BCUT2D eigenvalue weighted by Crippen LogP contribution is 2.11. The van der Waals surface area contributed by atoms with Crippen molar-refractivity contribution in [3.63, 3.8) is 0 Å². The standard InChI is InChI=1S/C10H19NO2/c1-2-13-10(12)8-9-6-4-3-5-7-11-9/h9,11H,2-8H2,1H3. The Bertz CT molecular complexity index is 151. The van der Waals surface area contributed by atoms with Crippen molar-refractivity contribution in [2.75, 3.05) is 13.2 Å².